The number of carbonyl (C=O) groups is 4. The summed E-state index contributed by atoms with van der Waals surface area (Å²) in [5.74, 6) is 10.9. The Labute approximate surface area is 423 Å². The molecule has 0 spiro atoms. The molecular formula is C52H50N16O4S. The second-order valence-electron chi connectivity index (χ2n) is 17.4. The van der Waals surface area contributed by atoms with Crippen LogP contribution in [-0.4, -0.2) is 109 Å². The Morgan fingerprint density at radius 2 is 1.08 bits per heavy atom. The quantitative estimate of drug-likeness (QED) is 0.119. The molecule has 20 nitrogen and oxygen atoms in total. The second-order valence-corrected chi connectivity index (χ2v) is 18.6. The van der Waals surface area contributed by atoms with Crippen molar-refractivity contribution >= 4 is 79.6 Å². The van der Waals surface area contributed by atoms with Gasteiger partial charge in [-0.25, -0.2) is 39.3 Å². The number of hydrogen-bond acceptors (Lipinski definition) is 15. The lowest BCUT2D eigenvalue weighted by Crippen LogP contribution is -2.38. The number of rotatable bonds is 8. The number of nitrogens with zero attached hydrogens (tertiary/aromatic N) is 12. The van der Waals surface area contributed by atoms with Crippen LogP contribution in [0.4, 0.5) is 22.6 Å². The zero-order chi connectivity index (χ0) is 51.2. The van der Waals surface area contributed by atoms with E-state index in [1.165, 1.54) is 24.0 Å². The van der Waals surface area contributed by atoms with Gasteiger partial charge in [0, 0.05) is 65.7 Å². The molecule has 2 aliphatic heterocycles. The number of nitrogens with one attached hydrogen (secondary N) is 2. The van der Waals surface area contributed by atoms with Crippen molar-refractivity contribution in [2.45, 2.75) is 65.5 Å². The molecule has 6 N–H and O–H groups in total. The third kappa shape index (κ3) is 10.7. The maximum absolute atomic E-state index is 12.7. The van der Waals surface area contributed by atoms with E-state index in [9.17, 15) is 19.2 Å². The first-order valence-corrected chi connectivity index (χ1v) is 24.3. The lowest BCUT2D eigenvalue weighted by atomic mass is 10.0. The number of likely N-dealkylation sites (tertiary alicyclic amines) is 2. The number of hydrogen-bond donors (Lipinski definition) is 4. The molecule has 2 aliphatic rings. The first-order chi connectivity index (χ1) is 35.4. The minimum Gasteiger partial charge on any atom is -0.383 e. The van der Waals surface area contributed by atoms with E-state index in [-0.39, 0.29) is 35.7 Å². The van der Waals surface area contributed by atoms with Gasteiger partial charge in [-0.05, 0) is 107 Å². The topological polar surface area (TPSA) is 264 Å². The first-order valence-electron chi connectivity index (χ1n) is 23.5. The Morgan fingerprint density at radius 1 is 0.616 bits per heavy atom. The second kappa shape index (κ2) is 21.5. The number of aromatic nitrogens is 10. The van der Waals surface area contributed by atoms with Gasteiger partial charge in [-0.15, -0.1) is 11.3 Å². The molecule has 368 valence electrons. The van der Waals surface area contributed by atoms with E-state index in [0.717, 1.165) is 47.3 Å². The molecule has 0 bridgehead atoms. The van der Waals surface area contributed by atoms with E-state index in [4.69, 9.17) is 21.7 Å². The van der Waals surface area contributed by atoms with E-state index >= 15 is 0 Å². The van der Waals surface area contributed by atoms with Crippen LogP contribution in [0.25, 0.3) is 44.6 Å². The van der Waals surface area contributed by atoms with Crippen LogP contribution < -0.4 is 22.1 Å². The third-order valence-corrected chi connectivity index (χ3v) is 13.4. The number of carbonyl (C=O) groups excluding carboxylic acids is 4. The molecule has 2 saturated heterocycles. The van der Waals surface area contributed by atoms with E-state index < -0.39 is 0 Å². The Balaban J connectivity index is 0.000000180. The van der Waals surface area contributed by atoms with E-state index in [1.807, 2.05) is 59.6 Å². The number of aryl methyl sites for hydroxylation is 2. The Hall–Kier alpha value is -9.08. The van der Waals surface area contributed by atoms with Crippen molar-refractivity contribution < 1.29 is 19.2 Å². The van der Waals surface area contributed by atoms with Crippen molar-refractivity contribution in [1.29, 1.82) is 0 Å². The highest BCUT2D eigenvalue weighted by Gasteiger charge is 2.29. The van der Waals surface area contributed by atoms with Gasteiger partial charge in [0.05, 0.1) is 22.9 Å². The van der Waals surface area contributed by atoms with Crippen molar-refractivity contribution in [2.24, 2.45) is 0 Å². The highest BCUT2D eigenvalue weighted by atomic mass is 32.1. The van der Waals surface area contributed by atoms with Gasteiger partial charge >= 0.3 is 0 Å². The molecule has 0 aliphatic carbocycles. The zero-order valence-electron chi connectivity index (χ0n) is 40.5. The van der Waals surface area contributed by atoms with Crippen LogP contribution in [0.2, 0.25) is 0 Å². The van der Waals surface area contributed by atoms with Crippen LogP contribution in [0.3, 0.4) is 0 Å². The molecule has 8 heterocycles. The van der Waals surface area contributed by atoms with Gasteiger partial charge in [-0.3, -0.25) is 24.5 Å². The fraction of sp³-hybridized carbons (Fsp3) is 0.269. The number of piperidine rings is 2. The minimum atomic E-state index is -0.253. The number of fused-ring (bicyclic) bond motifs is 2. The van der Waals surface area contributed by atoms with Crippen molar-refractivity contribution in [3.8, 4) is 46.2 Å². The summed E-state index contributed by atoms with van der Waals surface area (Å²) in [4.78, 5) is 79.8. The van der Waals surface area contributed by atoms with E-state index in [1.54, 1.807) is 60.3 Å². The molecule has 0 radical (unpaired) electrons. The summed E-state index contributed by atoms with van der Waals surface area (Å²) in [5, 5.41) is 17.3. The van der Waals surface area contributed by atoms with Gasteiger partial charge in [0.25, 0.3) is 23.6 Å². The maximum Gasteiger partial charge on any atom is 0.298 e. The number of nitrogen functional groups attached to an aromatic ring is 2. The Kier molecular flexibility index (Phi) is 14.4. The van der Waals surface area contributed by atoms with Gasteiger partial charge < -0.3 is 26.6 Å². The molecule has 21 heteroatoms. The van der Waals surface area contributed by atoms with Crippen LogP contribution in [0.15, 0.2) is 85.7 Å². The fourth-order valence-electron chi connectivity index (χ4n) is 8.84. The molecule has 6 aromatic heterocycles. The number of benzene rings is 2. The molecule has 2 fully saturated rings. The lowest BCUT2D eigenvalue weighted by Gasteiger charge is -2.30. The molecule has 0 saturated carbocycles. The van der Waals surface area contributed by atoms with Gasteiger partial charge in [0.2, 0.25) is 0 Å². The smallest absolute Gasteiger partial charge is 0.298 e. The number of pyridine rings is 1. The zero-order valence-corrected chi connectivity index (χ0v) is 41.3. The number of amides is 4. The number of thiazole rings is 1. The van der Waals surface area contributed by atoms with Crippen molar-refractivity contribution in [1.82, 2.24) is 59.3 Å². The number of nitrogens with two attached hydrogens (primary N) is 2. The Bertz CT molecular complexity index is 3510. The fourth-order valence-corrected chi connectivity index (χ4v) is 9.50. The van der Waals surface area contributed by atoms with Crippen molar-refractivity contribution in [3.63, 3.8) is 0 Å². The summed E-state index contributed by atoms with van der Waals surface area (Å²) in [7, 11) is 0. The van der Waals surface area contributed by atoms with Crippen LogP contribution in [-0.2, 0) is 9.59 Å². The lowest BCUT2D eigenvalue weighted by molar-refractivity contribution is -0.127. The number of anilines is 4. The predicted molar refractivity (Wildman–Crippen MR) is 279 cm³/mol. The first kappa shape index (κ1) is 48.9. The van der Waals surface area contributed by atoms with Crippen LogP contribution in [0.1, 0.15) is 82.8 Å². The normalized spacial score (nSPS) is 13.8. The third-order valence-electron chi connectivity index (χ3n) is 12.5. The highest BCUT2D eigenvalue weighted by Crippen LogP contribution is 2.36. The maximum atomic E-state index is 12.7. The average Bonchev–Trinajstić information content (AvgIpc) is 4.13. The Morgan fingerprint density at radius 3 is 1.51 bits per heavy atom. The van der Waals surface area contributed by atoms with Gasteiger partial charge in [-0.1, -0.05) is 36.1 Å². The molecule has 2 aromatic carbocycles. The van der Waals surface area contributed by atoms with Gasteiger partial charge in [-0.2, -0.15) is 10.2 Å². The van der Waals surface area contributed by atoms with Gasteiger partial charge in [0.1, 0.15) is 41.5 Å². The summed E-state index contributed by atoms with van der Waals surface area (Å²) in [5.41, 5.74) is 18.7. The molecular weight excluding hydrogens is 945 g/mol. The minimum absolute atomic E-state index is 0.0519. The van der Waals surface area contributed by atoms with E-state index in [0.29, 0.717) is 93.3 Å². The largest absolute Gasteiger partial charge is 0.383 e. The summed E-state index contributed by atoms with van der Waals surface area (Å²) >= 11 is 1.42. The summed E-state index contributed by atoms with van der Waals surface area (Å²) in [6.07, 6.45) is 9.15. The summed E-state index contributed by atoms with van der Waals surface area (Å²) in [6, 6.07) is 18.1. The van der Waals surface area contributed by atoms with Crippen LogP contribution >= 0.6 is 11.3 Å². The molecule has 0 unspecified atom stereocenters. The standard InChI is InChI=1S/C27H26N8O2.C25H24N8O2S/c1-3-4-22(36)34-13-10-20(11-14-34)35-26-23(25(28)30-16-31-26)24(33-35)18-5-7-19(8-6-18)27(37)32-21-15-17(2)9-12-29-21;1-3-4-19(34)32-11-9-18(10-12-32)33-23-20(22(26)28-14-29-23)21(31-33)16-5-7-17(8-6-16)24(35)30-25-27-13-15(2)36-25/h5-9,12,15-16,20H,10-11,13-14H2,1-2H3,(H2,28,30,31)(H,29,32,37);5-8,13-14,18H,9-12H2,1-2H3,(H2,26,28,29)(H,27,30,35). The van der Waals surface area contributed by atoms with Crippen LogP contribution in [0.5, 0.6) is 0 Å². The highest BCUT2D eigenvalue weighted by molar-refractivity contribution is 7.15. The van der Waals surface area contributed by atoms with Crippen LogP contribution in [0, 0.1) is 37.5 Å². The van der Waals surface area contributed by atoms with Gasteiger partial charge in [0.15, 0.2) is 16.4 Å². The average molecular weight is 995 g/mol. The predicted octanol–water partition coefficient (Wildman–Crippen LogP) is 6.50. The molecule has 10 rings (SSSR count). The molecule has 8 aromatic rings. The summed E-state index contributed by atoms with van der Waals surface area (Å²) < 4.78 is 3.78. The molecule has 73 heavy (non-hydrogen) atoms. The van der Waals surface area contributed by atoms with Crippen molar-refractivity contribution in [3.05, 3.63) is 107 Å². The summed E-state index contributed by atoms with van der Waals surface area (Å²) in [6.45, 7) is 9.57. The monoisotopic (exact) mass is 994 g/mol. The van der Waals surface area contributed by atoms with Crippen molar-refractivity contribution in [2.75, 3.05) is 48.3 Å². The molecule has 0 atom stereocenters. The SMILES string of the molecule is CC#CC(=O)N1CCC(n2nc(-c3ccc(C(=O)Nc4cc(C)ccn4)cc3)c3c(N)ncnc32)CC1.CC#CC(=O)N1CCC(n2nc(-c3ccc(C(=O)Nc4ncc(C)s4)cc3)c3c(N)ncnc32)CC1. The van der Waals surface area contributed by atoms with E-state index in [2.05, 4.69) is 64.2 Å². The molecule has 4 amide bonds.